The van der Waals surface area contributed by atoms with Crippen LogP contribution in [0, 0.1) is 5.92 Å². The number of hydrogen-bond acceptors (Lipinski definition) is 3. The summed E-state index contributed by atoms with van der Waals surface area (Å²) < 4.78 is 0. The van der Waals surface area contributed by atoms with Gasteiger partial charge in [0.25, 0.3) is 0 Å². The number of pyridine rings is 1. The predicted octanol–water partition coefficient (Wildman–Crippen LogP) is 5.27. The van der Waals surface area contributed by atoms with Crippen molar-refractivity contribution in [3.05, 3.63) is 64.9 Å². The number of likely N-dealkylation sites (tertiary alicyclic amines) is 1. The summed E-state index contributed by atoms with van der Waals surface area (Å²) in [5.41, 5.74) is 2.61. The average Bonchev–Trinajstić information content (AvgIpc) is 2.64. The molecule has 1 unspecified atom stereocenters. The lowest BCUT2D eigenvalue weighted by molar-refractivity contribution is 0.0741. The lowest BCUT2D eigenvalue weighted by Gasteiger charge is -2.42. The largest absolute Gasteiger partial charge is 0.298 e. The molecule has 3 rings (SSSR count). The fraction of sp³-hybridized carbons (Fsp3) is 0.522. The molecular weight excluding hydrogens is 354 g/mol. The predicted molar refractivity (Wildman–Crippen MR) is 114 cm³/mol. The molecule has 1 saturated heterocycles. The standard InChI is InChI=1S/C23H32ClN3/c1-23(2,3)27-15-12-18(13-16-27)17-26(4)22(21-7-5-6-14-25-21)19-8-10-20(24)11-9-19/h5-11,14,18,22H,12-13,15-17H2,1-4H3. The third-order valence-corrected chi connectivity index (χ3v) is 5.96. The van der Waals surface area contributed by atoms with Crippen LogP contribution in [-0.2, 0) is 0 Å². The Morgan fingerprint density at radius 2 is 1.78 bits per heavy atom. The van der Waals surface area contributed by atoms with Crippen LogP contribution in [0.5, 0.6) is 0 Å². The van der Waals surface area contributed by atoms with Crippen LogP contribution in [0.25, 0.3) is 0 Å². The van der Waals surface area contributed by atoms with Gasteiger partial charge in [-0.15, -0.1) is 0 Å². The lowest BCUT2D eigenvalue weighted by atomic mass is 9.91. The Bertz CT molecular complexity index is 701. The van der Waals surface area contributed by atoms with E-state index in [-0.39, 0.29) is 11.6 Å². The number of benzene rings is 1. The first kappa shape index (κ1) is 20.3. The Kier molecular flexibility index (Phi) is 6.56. The molecule has 4 heteroatoms. The highest BCUT2D eigenvalue weighted by Crippen LogP contribution is 2.30. The normalized spacial score (nSPS) is 18.0. The molecule has 146 valence electrons. The molecule has 1 aromatic heterocycles. The third kappa shape index (κ3) is 5.31. The van der Waals surface area contributed by atoms with E-state index in [0.717, 1.165) is 23.2 Å². The van der Waals surface area contributed by atoms with Crippen molar-refractivity contribution >= 4 is 11.6 Å². The average molecular weight is 386 g/mol. The molecule has 3 nitrogen and oxygen atoms in total. The van der Waals surface area contributed by atoms with Gasteiger partial charge in [0, 0.05) is 23.3 Å². The number of halogens is 1. The van der Waals surface area contributed by atoms with Crippen molar-refractivity contribution in [2.24, 2.45) is 5.92 Å². The second-order valence-electron chi connectivity index (χ2n) is 8.75. The Labute approximate surface area is 169 Å². The van der Waals surface area contributed by atoms with Gasteiger partial charge in [0.15, 0.2) is 0 Å². The quantitative estimate of drug-likeness (QED) is 0.699. The summed E-state index contributed by atoms with van der Waals surface area (Å²) in [6, 6.07) is 14.5. The fourth-order valence-electron chi connectivity index (χ4n) is 4.13. The smallest absolute Gasteiger partial charge is 0.0774 e. The minimum Gasteiger partial charge on any atom is -0.298 e. The van der Waals surface area contributed by atoms with Gasteiger partial charge in [-0.2, -0.15) is 0 Å². The highest BCUT2D eigenvalue weighted by Gasteiger charge is 2.29. The minimum atomic E-state index is 0.157. The van der Waals surface area contributed by atoms with Gasteiger partial charge in [-0.05, 0) is 89.5 Å². The molecule has 2 heterocycles. The first-order valence-corrected chi connectivity index (χ1v) is 10.3. The summed E-state index contributed by atoms with van der Waals surface area (Å²) in [6.07, 6.45) is 4.41. The van der Waals surface area contributed by atoms with Crippen LogP contribution in [0.3, 0.4) is 0 Å². The molecule has 0 aliphatic carbocycles. The van der Waals surface area contributed by atoms with E-state index in [1.807, 2.05) is 24.4 Å². The van der Waals surface area contributed by atoms with Crippen LogP contribution in [0.4, 0.5) is 0 Å². The van der Waals surface area contributed by atoms with Crippen molar-refractivity contribution in [1.29, 1.82) is 0 Å². The van der Waals surface area contributed by atoms with Gasteiger partial charge in [0.2, 0.25) is 0 Å². The van der Waals surface area contributed by atoms with Crippen LogP contribution in [0.2, 0.25) is 5.02 Å². The highest BCUT2D eigenvalue weighted by molar-refractivity contribution is 6.30. The number of piperidine rings is 1. The van der Waals surface area contributed by atoms with Crippen molar-refractivity contribution < 1.29 is 0 Å². The molecule has 27 heavy (non-hydrogen) atoms. The summed E-state index contributed by atoms with van der Waals surface area (Å²) in [5.74, 6) is 0.729. The Hall–Kier alpha value is -1.42. The fourth-order valence-corrected chi connectivity index (χ4v) is 4.26. The molecule has 0 radical (unpaired) electrons. The molecule has 1 fully saturated rings. The Morgan fingerprint density at radius 1 is 1.11 bits per heavy atom. The van der Waals surface area contributed by atoms with Crippen LogP contribution in [0.1, 0.15) is 50.9 Å². The molecule has 1 aliphatic rings. The van der Waals surface area contributed by atoms with Gasteiger partial charge in [-0.3, -0.25) is 14.8 Å². The van der Waals surface area contributed by atoms with E-state index in [0.29, 0.717) is 0 Å². The van der Waals surface area contributed by atoms with E-state index in [1.165, 1.54) is 31.5 Å². The second kappa shape index (κ2) is 8.72. The molecule has 0 spiro atoms. The van der Waals surface area contributed by atoms with E-state index < -0.39 is 0 Å². The number of hydrogen-bond donors (Lipinski definition) is 0. The minimum absolute atomic E-state index is 0.157. The zero-order chi connectivity index (χ0) is 19.4. The monoisotopic (exact) mass is 385 g/mol. The second-order valence-corrected chi connectivity index (χ2v) is 9.19. The van der Waals surface area contributed by atoms with Crippen LogP contribution in [0.15, 0.2) is 48.7 Å². The van der Waals surface area contributed by atoms with Gasteiger partial charge in [0.05, 0.1) is 11.7 Å². The van der Waals surface area contributed by atoms with Crippen molar-refractivity contribution in [1.82, 2.24) is 14.8 Å². The van der Waals surface area contributed by atoms with Crippen LogP contribution in [-0.4, -0.2) is 47.0 Å². The summed E-state index contributed by atoms with van der Waals surface area (Å²) in [5, 5.41) is 0.774. The summed E-state index contributed by atoms with van der Waals surface area (Å²) in [4.78, 5) is 9.72. The Balaban J connectivity index is 1.72. The van der Waals surface area contributed by atoms with E-state index in [1.54, 1.807) is 0 Å². The first-order valence-electron chi connectivity index (χ1n) is 9.96. The van der Waals surface area contributed by atoms with Gasteiger partial charge < -0.3 is 0 Å². The number of aromatic nitrogens is 1. The maximum Gasteiger partial charge on any atom is 0.0774 e. The zero-order valence-electron chi connectivity index (χ0n) is 17.0. The van der Waals surface area contributed by atoms with E-state index >= 15 is 0 Å². The summed E-state index contributed by atoms with van der Waals surface area (Å²) >= 11 is 6.11. The molecule has 0 amide bonds. The molecule has 1 aromatic carbocycles. The van der Waals surface area contributed by atoms with E-state index in [9.17, 15) is 0 Å². The van der Waals surface area contributed by atoms with Gasteiger partial charge in [-0.1, -0.05) is 29.8 Å². The number of rotatable bonds is 5. The molecular formula is C23H32ClN3. The van der Waals surface area contributed by atoms with Gasteiger partial charge in [0.1, 0.15) is 0 Å². The SMILES string of the molecule is CN(CC1CCN(C(C)(C)C)CC1)C(c1ccc(Cl)cc1)c1ccccn1. The molecule has 1 aliphatic heterocycles. The summed E-state index contributed by atoms with van der Waals surface area (Å²) in [7, 11) is 2.23. The van der Waals surface area contributed by atoms with Crippen molar-refractivity contribution in [3.63, 3.8) is 0 Å². The van der Waals surface area contributed by atoms with Crippen molar-refractivity contribution in [2.75, 3.05) is 26.7 Å². The molecule has 0 N–H and O–H groups in total. The van der Waals surface area contributed by atoms with E-state index in [2.05, 4.69) is 66.9 Å². The number of nitrogens with zero attached hydrogens (tertiary/aromatic N) is 3. The van der Waals surface area contributed by atoms with Crippen LogP contribution < -0.4 is 0 Å². The first-order chi connectivity index (χ1) is 12.8. The van der Waals surface area contributed by atoms with Gasteiger partial charge in [-0.25, -0.2) is 0 Å². The van der Waals surface area contributed by atoms with Gasteiger partial charge >= 0.3 is 0 Å². The maximum atomic E-state index is 6.11. The van der Waals surface area contributed by atoms with Crippen molar-refractivity contribution in [3.8, 4) is 0 Å². The highest BCUT2D eigenvalue weighted by atomic mass is 35.5. The maximum absolute atomic E-state index is 6.11. The van der Waals surface area contributed by atoms with Crippen LogP contribution >= 0.6 is 11.6 Å². The van der Waals surface area contributed by atoms with Crippen molar-refractivity contribution in [2.45, 2.75) is 45.2 Å². The molecule has 2 aromatic rings. The molecule has 0 bridgehead atoms. The topological polar surface area (TPSA) is 19.4 Å². The zero-order valence-corrected chi connectivity index (χ0v) is 17.8. The third-order valence-electron chi connectivity index (χ3n) is 5.70. The molecule has 0 saturated carbocycles. The molecule has 1 atom stereocenters. The summed E-state index contributed by atoms with van der Waals surface area (Å²) in [6.45, 7) is 10.4. The Morgan fingerprint density at radius 3 is 2.33 bits per heavy atom. The lowest BCUT2D eigenvalue weighted by Crippen LogP contribution is -2.47. The van der Waals surface area contributed by atoms with E-state index in [4.69, 9.17) is 11.6 Å².